The van der Waals surface area contributed by atoms with Crippen molar-refractivity contribution < 1.29 is 4.79 Å². The summed E-state index contributed by atoms with van der Waals surface area (Å²) in [7, 11) is 0. The summed E-state index contributed by atoms with van der Waals surface area (Å²) in [4.78, 5) is 12.8. The van der Waals surface area contributed by atoms with Gasteiger partial charge in [-0.05, 0) is 48.7 Å². The summed E-state index contributed by atoms with van der Waals surface area (Å²) in [6, 6.07) is 1.99. The Balaban J connectivity index is 1.90. The molecule has 2 heterocycles. The van der Waals surface area contributed by atoms with Gasteiger partial charge in [0.2, 0.25) is 0 Å². The van der Waals surface area contributed by atoms with Crippen molar-refractivity contribution in [2.24, 2.45) is 5.41 Å². The highest BCUT2D eigenvalue weighted by Gasteiger charge is 2.27. The van der Waals surface area contributed by atoms with E-state index < -0.39 is 0 Å². The average molecular weight is 252 g/mol. The lowest BCUT2D eigenvalue weighted by Gasteiger charge is -2.34. The minimum Gasteiger partial charge on any atom is -0.351 e. The molecule has 1 unspecified atom stereocenters. The molecule has 1 aliphatic rings. The maximum Gasteiger partial charge on any atom is 0.261 e. The van der Waals surface area contributed by atoms with Crippen molar-refractivity contribution in [3.05, 3.63) is 21.9 Å². The van der Waals surface area contributed by atoms with E-state index in [0.29, 0.717) is 0 Å². The van der Waals surface area contributed by atoms with Gasteiger partial charge in [-0.3, -0.25) is 4.79 Å². The van der Waals surface area contributed by atoms with Crippen LogP contribution in [0.2, 0.25) is 0 Å². The second kappa shape index (κ2) is 5.19. The number of carbonyl (C=O) groups excluding carboxylic acids is 1. The number of thiophene rings is 1. The van der Waals surface area contributed by atoms with E-state index in [9.17, 15) is 4.79 Å². The molecular weight excluding hydrogens is 232 g/mol. The molecule has 0 aromatic carbocycles. The molecule has 0 spiro atoms. The summed E-state index contributed by atoms with van der Waals surface area (Å²) in [5, 5.41) is 8.43. The standard InChI is InChI=1S/C13H20N2OS/c1-10-4-7-17-11(10)12(16)15-9-13(2)5-3-6-14-8-13/h4,7,14H,3,5-6,8-9H2,1-2H3,(H,15,16). The fraction of sp³-hybridized carbons (Fsp3) is 0.615. The first-order chi connectivity index (χ1) is 8.11. The van der Waals surface area contributed by atoms with Crippen LogP contribution in [0.4, 0.5) is 0 Å². The lowest BCUT2D eigenvalue weighted by atomic mass is 9.83. The normalized spacial score (nSPS) is 24.6. The number of amides is 1. The largest absolute Gasteiger partial charge is 0.351 e. The van der Waals surface area contributed by atoms with Crippen LogP contribution in [0.25, 0.3) is 0 Å². The van der Waals surface area contributed by atoms with Crippen LogP contribution in [0.15, 0.2) is 11.4 Å². The van der Waals surface area contributed by atoms with Crippen LogP contribution in [0, 0.1) is 12.3 Å². The van der Waals surface area contributed by atoms with Gasteiger partial charge < -0.3 is 10.6 Å². The average Bonchev–Trinajstić information content (AvgIpc) is 2.74. The van der Waals surface area contributed by atoms with E-state index in [0.717, 1.165) is 30.1 Å². The third-order valence-corrected chi connectivity index (χ3v) is 4.44. The molecule has 4 heteroatoms. The Bertz CT molecular complexity index is 394. The van der Waals surface area contributed by atoms with Crippen molar-refractivity contribution in [2.45, 2.75) is 26.7 Å². The fourth-order valence-electron chi connectivity index (χ4n) is 2.25. The van der Waals surface area contributed by atoms with Crippen LogP contribution >= 0.6 is 11.3 Å². The Morgan fingerprint density at radius 3 is 3.06 bits per heavy atom. The number of hydrogen-bond donors (Lipinski definition) is 2. The van der Waals surface area contributed by atoms with E-state index in [2.05, 4.69) is 17.6 Å². The number of aryl methyl sites for hydroxylation is 1. The molecule has 0 saturated carbocycles. The molecule has 1 aromatic heterocycles. The van der Waals surface area contributed by atoms with Gasteiger partial charge in [-0.25, -0.2) is 0 Å². The Hall–Kier alpha value is -0.870. The van der Waals surface area contributed by atoms with E-state index in [1.165, 1.54) is 24.2 Å². The predicted octanol–water partition coefficient (Wildman–Crippen LogP) is 2.18. The third kappa shape index (κ3) is 3.07. The van der Waals surface area contributed by atoms with Gasteiger partial charge in [-0.2, -0.15) is 0 Å². The maximum absolute atomic E-state index is 12.0. The molecule has 2 N–H and O–H groups in total. The summed E-state index contributed by atoms with van der Waals surface area (Å²) in [5.74, 6) is 0.0734. The van der Waals surface area contributed by atoms with Crippen molar-refractivity contribution in [2.75, 3.05) is 19.6 Å². The number of carbonyl (C=O) groups is 1. The zero-order valence-corrected chi connectivity index (χ0v) is 11.3. The number of hydrogen-bond acceptors (Lipinski definition) is 3. The van der Waals surface area contributed by atoms with Crippen LogP contribution in [0.5, 0.6) is 0 Å². The van der Waals surface area contributed by atoms with Gasteiger partial charge in [-0.1, -0.05) is 6.92 Å². The molecule has 0 bridgehead atoms. The molecule has 1 saturated heterocycles. The van der Waals surface area contributed by atoms with Gasteiger partial charge in [0.05, 0.1) is 4.88 Å². The highest BCUT2D eigenvalue weighted by Crippen LogP contribution is 2.24. The topological polar surface area (TPSA) is 41.1 Å². The first kappa shape index (κ1) is 12.6. The van der Waals surface area contributed by atoms with Crippen LogP contribution in [-0.2, 0) is 0 Å². The lowest BCUT2D eigenvalue weighted by molar-refractivity contribution is 0.0928. The fourth-order valence-corrected chi connectivity index (χ4v) is 3.09. The minimum absolute atomic E-state index is 0.0734. The van der Waals surface area contributed by atoms with Crippen LogP contribution in [-0.4, -0.2) is 25.5 Å². The van der Waals surface area contributed by atoms with Crippen molar-refractivity contribution >= 4 is 17.2 Å². The van der Waals surface area contributed by atoms with Crippen molar-refractivity contribution in [3.8, 4) is 0 Å². The van der Waals surface area contributed by atoms with Gasteiger partial charge in [-0.15, -0.1) is 11.3 Å². The first-order valence-corrected chi connectivity index (χ1v) is 7.02. The molecule has 1 aliphatic heterocycles. The molecule has 3 nitrogen and oxygen atoms in total. The second-order valence-corrected chi connectivity index (χ2v) is 6.12. The van der Waals surface area contributed by atoms with Gasteiger partial charge in [0.1, 0.15) is 0 Å². The van der Waals surface area contributed by atoms with E-state index in [1.54, 1.807) is 0 Å². The molecule has 2 rings (SSSR count). The second-order valence-electron chi connectivity index (χ2n) is 5.21. The molecule has 0 radical (unpaired) electrons. The van der Waals surface area contributed by atoms with Crippen LogP contribution < -0.4 is 10.6 Å². The van der Waals surface area contributed by atoms with Crippen LogP contribution in [0.1, 0.15) is 35.0 Å². The lowest BCUT2D eigenvalue weighted by Crippen LogP contribution is -2.45. The van der Waals surface area contributed by atoms with E-state index >= 15 is 0 Å². The Morgan fingerprint density at radius 1 is 1.65 bits per heavy atom. The summed E-state index contributed by atoms with van der Waals surface area (Å²) in [6.45, 7) is 7.08. The monoisotopic (exact) mass is 252 g/mol. The minimum atomic E-state index is 0.0734. The van der Waals surface area contributed by atoms with Gasteiger partial charge in [0.25, 0.3) is 5.91 Å². The van der Waals surface area contributed by atoms with Gasteiger partial charge >= 0.3 is 0 Å². The van der Waals surface area contributed by atoms with Crippen molar-refractivity contribution in [1.82, 2.24) is 10.6 Å². The molecule has 17 heavy (non-hydrogen) atoms. The molecule has 0 aliphatic carbocycles. The summed E-state index contributed by atoms with van der Waals surface area (Å²) in [5.41, 5.74) is 1.28. The van der Waals surface area contributed by atoms with E-state index in [-0.39, 0.29) is 11.3 Å². The van der Waals surface area contributed by atoms with Gasteiger partial charge in [0.15, 0.2) is 0 Å². The molecule has 1 fully saturated rings. The molecular formula is C13H20N2OS. The SMILES string of the molecule is Cc1ccsc1C(=O)NCC1(C)CCCNC1. The number of nitrogens with one attached hydrogen (secondary N) is 2. The molecule has 94 valence electrons. The summed E-state index contributed by atoms with van der Waals surface area (Å²) < 4.78 is 0. The first-order valence-electron chi connectivity index (χ1n) is 6.14. The van der Waals surface area contributed by atoms with Crippen molar-refractivity contribution in [1.29, 1.82) is 0 Å². The Labute approximate surface area is 107 Å². The molecule has 1 amide bonds. The third-order valence-electron chi connectivity index (χ3n) is 3.43. The summed E-state index contributed by atoms with van der Waals surface area (Å²) in [6.07, 6.45) is 2.38. The zero-order chi connectivity index (χ0) is 12.3. The summed E-state index contributed by atoms with van der Waals surface area (Å²) >= 11 is 1.52. The zero-order valence-electron chi connectivity index (χ0n) is 10.5. The van der Waals surface area contributed by atoms with Crippen molar-refractivity contribution in [3.63, 3.8) is 0 Å². The highest BCUT2D eigenvalue weighted by atomic mass is 32.1. The van der Waals surface area contributed by atoms with Crippen LogP contribution in [0.3, 0.4) is 0 Å². The molecule has 1 aromatic rings. The smallest absolute Gasteiger partial charge is 0.261 e. The Kier molecular flexibility index (Phi) is 3.84. The van der Waals surface area contributed by atoms with Gasteiger partial charge in [0, 0.05) is 13.1 Å². The predicted molar refractivity (Wildman–Crippen MR) is 71.6 cm³/mol. The number of piperidine rings is 1. The highest BCUT2D eigenvalue weighted by molar-refractivity contribution is 7.12. The number of rotatable bonds is 3. The Morgan fingerprint density at radius 2 is 2.47 bits per heavy atom. The van der Waals surface area contributed by atoms with E-state index in [4.69, 9.17) is 0 Å². The maximum atomic E-state index is 12.0. The quantitative estimate of drug-likeness (QED) is 0.865. The van der Waals surface area contributed by atoms with E-state index in [1.807, 2.05) is 18.4 Å². The molecule has 1 atom stereocenters.